The molecule has 21 heavy (non-hydrogen) atoms. The van der Waals surface area contributed by atoms with E-state index in [2.05, 4.69) is 17.6 Å². The second-order valence-corrected chi connectivity index (χ2v) is 6.31. The molecule has 1 amide bonds. The molecule has 0 radical (unpaired) electrons. The first-order valence-electron chi connectivity index (χ1n) is 7.51. The highest BCUT2D eigenvalue weighted by atomic mass is 16.7. The van der Waals surface area contributed by atoms with Crippen LogP contribution in [0.5, 0.6) is 11.5 Å². The molecule has 114 valence electrons. The Morgan fingerprint density at radius 2 is 2.10 bits per heavy atom. The van der Waals surface area contributed by atoms with Gasteiger partial charge in [-0.25, -0.2) is 0 Å². The second-order valence-electron chi connectivity index (χ2n) is 6.31. The monoisotopic (exact) mass is 290 g/mol. The van der Waals surface area contributed by atoms with Gasteiger partial charge in [0.1, 0.15) is 0 Å². The lowest BCUT2D eigenvalue weighted by Crippen LogP contribution is -2.48. The van der Waals surface area contributed by atoms with Crippen molar-refractivity contribution in [2.45, 2.75) is 45.4 Å². The molecule has 2 aliphatic heterocycles. The Hall–Kier alpha value is -1.75. The highest BCUT2D eigenvalue weighted by Crippen LogP contribution is 2.40. The largest absolute Gasteiger partial charge is 0.449 e. The van der Waals surface area contributed by atoms with Crippen molar-refractivity contribution in [3.05, 3.63) is 18.2 Å². The standard InChI is InChI=1S/C16H22N2O3/c1-10-5-4-8-17-14(10)15(19)18-11-6-7-12-13(9-11)21-16(2,3)20-12/h6-7,9-10,14,17H,4-5,8H2,1-3H3,(H,18,19). The van der Waals surface area contributed by atoms with Gasteiger partial charge < -0.3 is 20.1 Å². The average molecular weight is 290 g/mol. The summed E-state index contributed by atoms with van der Waals surface area (Å²) in [7, 11) is 0. The summed E-state index contributed by atoms with van der Waals surface area (Å²) < 4.78 is 11.3. The maximum Gasteiger partial charge on any atom is 0.246 e. The molecular formula is C16H22N2O3. The Labute approximate surface area is 125 Å². The van der Waals surface area contributed by atoms with E-state index in [9.17, 15) is 4.79 Å². The SMILES string of the molecule is CC1CCCNC1C(=O)Nc1ccc2c(c1)OC(C)(C)O2. The van der Waals surface area contributed by atoms with E-state index in [4.69, 9.17) is 9.47 Å². The molecule has 2 heterocycles. The van der Waals surface area contributed by atoms with Gasteiger partial charge in [-0.1, -0.05) is 6.92 Å². The van der Waals surface area contributed by atoms with Crippen molar-refractivity contribution in [3.8, 4) is 11.5 Å². The third-order valence-electron chi connectivity index (χ3n) is 3.97. The van der Waals surface area contributed by atoms with Crippen LogP contribution in [0.4, 0.5) is 5.69 Å². The lowest BCUT2D eigenvalue weighted by atomic mass is 9.92. The van der Waals surface area contributed by atoms with Crippen LogP contribution in [0.3, 0.4) is 0 Å². The van der Waals surface area contributed by atoms with Gasteiger partial charge in [0.2, 0.25) is 11.7 Å². The smallest absolute Gasteiger partial charge is 0.246 e. The van der Waals surface area contributed by atoms with E-state index in [0.29, 0.717) is 17.4 Å². The molecule has 5 nitrogen and oxygen atoms in total. The molecule has 0 spiro atoms. The van der Waals surface area contributed by atoms with E-state index >= 15 is 0 Å². The normalized spacial score (nSPS) is 26.4. The van der Waals surface area contributed by atoms with E-state index in [1.165, 1.54) is 0 Å². The zero-order valence-corrected chi connectivity index (χ0v) is 12.7. The van der Waals surface area contributed by atoms with Crippen molar-refractivity contribution in [1.82, 2.24) is 5.32 Å². The summed E-state index contributed by atoms with van der Waals surface area (Å²) in [4.78, 5) is 12.4. The number of amides is 1. The number of nitrogens with one attached hydrogen (secondary N) is 2. The maximum absolute atomic E-state index is 12.4. The third-order valence-corrected chi connectivity index (χ3v) is 3.97. The van der Waals surface area contributed by atoms with Crippen LogP contribution in [-0.4, -0.2) is 24.3 Å². The van der Waals surface area contributed by atoms with Gasteiger partial charge in [-0.2, -0.15) is 0 Å². The van der Waals surface area contributed by atoms with Crippen LogP contribution >= 0.6 is 0 Å². The van der Waals surface area contributed by atoms with Crippen molar-refractivity contribution in [2.75, 3.05) is 11.9 Å². The van der Waals surface area contributed by atoms with E-state index < -0.39 is 5.79 Å². The maximum atomic E-state index is 12.4. The molecule has 0 saturated carbocycles. The van der Waals surface area contributed by atoms with Crippen molar-refractivity contribution >= 4 is 11.6 Å². The van der Waals surface area contributed by atoms with Crippen LogP contribution in [-0.2, 0) is 4.79 Å². The zero-order chi connectivity index (χ0) is 15.0. The van der Waals surface area contributed by atoms with Gasteiger partial charge >= 0.3 is 0 Å². The average Bonchev–Trinajstić information content (AvgIpc) is 2.72. The fraction of sp³-hybridized carbons (Fsp3) is 0.562. The van der Waals surface area contributed by atoms with E-state index in [1.807, 2.05) is 32.0 Å². The first-order chi connectivity index (χ1) is 9.94. The van der Waals surface area contributed by atoms with Gasteiger partial charge in [-0.15, -0.1) is 0 Å². The highest BCUT2D eigenvalue weighted by molar-refractivity contribution is 5.95. The molecule has 0 aliphatic carbocycles. The number of hydrogen-bond acceptors (Lipinski definition) is 4. The number of carbonyl (C=O) groups excluding carboxylic acids is 1. The van der Waals surface area contributed by atoms with Gasteiger partial charge in [0.25, 0.3) is 0 Å². The molecule has 0 aromatic heterocycles. The Morgan fingerprint density at radius 1 is 1.33 bits per heavy atom. The molecule has 1 aromatic carbocycles. The van der Waals surface area contributed by atoms with E-state index in [0.717, 1.165) is 25.1 Å². The molecule has 0 bridgehead atoms. The summed E-state index contributed by atoms with van der Waals surface area (Å²) in [6.45, 7) is 6.73. The van der Waals surface area contributed by atoms with Gasteiger partial charge in [0, 0.05) is 25.6 Å². The molecule has 1 fully saturated rings. The highest BCUT2D eigenvalue weighted by Gasteiger charge is 2.32. The van der Waals surface area contributed by atoms with Gasteiger partial charge in [-0.3, -0.25) is 4.79 Å². The molecular weight excluding hydrogens is 268 g/mol. The fourth-order valence-corrected chi connectivity index (χ4v) is 2.92. The topological polar surface area (TPSA) is 59.6 Å². The zero-order valence-electron chi connectivity index (χ0n) is 12.7. The van der Waals surface area contributed by atoms with E-state index in [1.54, 1.807) is 0 Å². The van der Waals surface area contributed by atoms with Crippen LogP contribution in [0.1, 0.15) is 33.6 Å². The minimum absolute atomic E-state index is 0.0142. The van der Waals surface area contributed by atoms with Crippen LogP contribution in [0.2, 0.25) is 0 Å². The number of benzene rings is 1. The van der Waals surface area contributed by atoms with E-state index in [-0.39, 0.29) is 11.9 Å². The summed E-state index contributed by atoms with van der Waals surface area (Å²) in [5, 5.41) is 6.25. The molecule has 2 atom stereocenters. The van der Waals surface area contributed by atoms with Crippen molar-refractivity contribution in [2.24, 2.45) is 5.92 Å². The van der Waals surface area contributed by atoms with Crippen LogP contribution in [0, 0.1) is 5.92 Å². The molecule has 2 aliphatic rings. The third kappa shape index (κ3) is 2.97. The minimum Gasteiger partial charge on any atom is -0.449 e. The van der Waals surface area contributed by atoms with Crippen molar-refractivity contribution in [3.63, 3.8) is 0 Å². The number of fused-ring (bicyclic) bond motifs is 1. The fourth-order valence-electron chi connectivity index (χ4n) is 2.92. The number of anilines is 1. The number of hydrogen-bond donors (Lipinski definition) is 2. The predicted molar refractivity (Wildman–Crippen MR) is 80.6 cm³/mol. The lowest BCUT2D eigenvalue weighted by Gasteiger charge is -2.28. The lowest BCUT2D eigenvalue weighted by molar-refractivity contribution is -0.119. The molecule has 2 unspecified atom stereocenters. The molecule has 3 rings (SSSR count). The Kier molecular flexibility index (Phi) is 3.53. The quantitative estimate of drug-likeness (QED) is 0.878. The molecule has 1 saturated heterocycles. The predicted octanol–water partition coefficient (Wildman–Crippen LogP) is 2.52. The summed E-state index contributed by atoms with van der Waals surface area (Å²) in [5.41, 5.74) is 0.736. The van der Waals surface area contributed by atoms with Crippen molar-refractivity contribution in [1.29, 1.82) is 0 Å². The Balaban J connectivity index is 1.70. The van der Waals surface area contributed by atoms with Crippen LogP contribution in [0.15, 0.2) is 18.2 Å². The minimum atomic E-state index is -0.648. The molecule has 5 heteroatoms. The first-order valence-corrected chi connectivity index (χ1v) is 7.51. The summed E-state index contributed by atoms with van der Waals surface area (Å²) in [6.07, 6.45) is 2.21. The van der Waals surface area contributed by atoms with Gasteiger partial charge in [-0.05, 0) is 37.4 Å². The number of ether oxygens (including phenoxy) is 2. The summed E-state index contributed by atoms with van der Waals surface area (Å²) >= 11 is 0. The summed E-state index contributed by atoms with van der Waals surface area (Å²) in [5.74, 6) is 1.10. The Morgan fingerprint density at radius 3 is 2.86 bits per heavy atom. The number of piperidine rings is 1. The van der Waals surface area contributed by atoms with Crippen LogP contribution < -0.4 is 20.1 Å². The first kappa shape index (κ1) is 14.2. The number of carbonyl (C=O) groups is 1. The van der Waals surface area contributed by atoms with Gasteiger partial charge in [0.15, 0.2) is 11.5 Å². The second kappa shape index (κ2) is 5.22. The number of rotatable bonds is 2. The Bertz CT molecular complexity index is 556. The summed E-state index contributed by atoms with van der Waals surface area (Å²) in [6, 6.07) is 5.36. The molecule has 2 N–H and O–H groups in total. The van der Waals surface area contributed by atoms with Crippen LogP contribution in [0.25, 0.3) is 0 Å². The van der Waals surface area contributed by atoms with Gasteiger partial charge in [0.05, 0.1) is 6.04 Å². The van der Waals surface area contributed by atoms with Crippen molar-refractivity contribution < 1.29 is 14.3 Å². The molecule has 1 aromatic rings.